The van der Waals surface area contributed by atoms with E-state index in [1.165, 1.54) is 0 Å². The van der Waals surface area contributed by atoms with Crippen LogP contribution in [0.15, 0.2) is 0 Å². The van der Waals surface area contributed by atoms with Crippen LogP contribution in [0.2, 0.25) is 0 Å². The van der Waals surface area contributed by atoms with Crippen LogP contribution < -0.4 is 0 Å². The first kappa shape index (κ1) is 9.68. The van der Waals surface area contributed by atoms with E-state index in [9.17, 15) is 17.6 Å². The van der Waals surface area contributed by atoms with Crippen LogP contribution in [-0.2, 0) is 4.74 Å². The van der Waals surface area contributed by atoms with Crippen molar-refractivity contribution in [3.63, 3.8) is 0 Å². The summed E-state index contributed by atoms with van der Waals surface area (Å²) in [5, 5.41) is 0. The standard InChI is InChI=1S/C5H7F4O/c1-2-3-10-4(6)5(7,8)9/h3-4H,2H2,1H3. The number of hydrogen-bond acceptors (Lipinski definition) is 1. The molecule has 10 heavy (non-hydrogen) atoms. The molecule has 5 heteroatoms. The first-order chi connectivity index (χ1) is 4.48. The molecule has 0 aromatic carbocycles. The number of hydrogen-bond donors (Lipinski definition) is 0. The maximum atomic E-state index is 11.7. The molecule has 1 radical (unpaired) electrons. The van der Waals surface area contributed by atoms with Crippen molar-refractivity contribution in [1.29, 1.82) is 0 Å². The van der Waals surface area contributed by atoms with Crippen LogP contribution in [0, 0.1) is 6.61 Å². The van der Waals surface area contributed by atoms with Gasteiger partial charge in [0.15, 0.2) is 0 Å². The summed E-state index contributed by atoms with van der Waals surface area (Å²) in [5.41, 5.74) is 0. The second-order valence-corrected chi connectivity index (χ2v) is 1.57. The molecule has 0 aliphatic rings. The highest BCUT2D eigenvalue weighted by Crippen LogP contribution is 2.24. The van der Waals surface area contributed by atoms with Crippen molar-refractivity contribution in [2.45, 2.75) is 25.9 Å². The summed E-state index contributed by atoms with van der Waals surface area (Å²) in [5.74, 6) is 0. The minimum absolute atomic E-state index is 0.247. The molecule has 1 nitrogen and oxygen atoms in total. The predicted octanol–water partition coefficient (Wildman–Crippen LogP) is 2.43. The Kier molecular flexibility index (Phi) is 3.63. The fourth-order valence-electron chi connectivity index (χ4n) is 0.258. The third kappa shape index (κ3) is 3.66. The second-order valence-electron chi connectivity index (χ2n) is 1.57. The van der Waals surface area contributed by atoms with Crippen molar-refractivity contribution in [3.05, 3.63) is 6.61 Å². The van der Waals surface area contributed by atoms with E-state index in [1.807, 2.05) is 0 Å². The Hall–Kier alpha value is -0.320. The molecule has 0 amide bonds. The average molecular weight is 159 g/mol. The third-order valence-corrected chi connectivity index (χ3v) is 0.640. The van der Waals surface area contributed by atoms with Gasteiger partial charge in [0.25, 0.3) is 6.36 Å². The van der Waals surface area contributed by atoms with Gasteiger partial charge in [-0.3, -0.25) is 0 Å². The molecule has 0 fully saturated rings. The minimum atomic E-state index is -4.91. The molecule has 1 atom stereocenters. The van der Waals surface area contributed by atoms with Gasteiger partial charge in [-0.1, -0.05) is 6.92 Å². The van der Waals surface area contributed by atoms with Crippen LogP contribution in [-0.4, -0.2) is 12.5 Å². The van der Waals surface area contributed by atoms with Gasteiger partial charge < -0.3 is 4.74 Å². The van der Waals surface area contributed by atoms with Crippen LogP contribution in [0.3, 0.4) is 0 Å². The van der Waals surface area contributed by atoms with Gasteiger partial charge in [-0.15, -0.1) is 0 Å². The molecule has 0 saturated carbocycles. The summed E-state index contributed by atoms with van der Waals surface area (Å²) < 4.78 is 49.1. The third-order valence-electron chi connectivity index (χ3n) is 0.640. The van der Waals surface area contributed by atoms with Gasteiger partial charge in [-0.25, -0.2) is 4.39 Å². The Morgan fingerprint density at radius 1 is 1.50 bits per heavy atom. The lowest BCUT2D eigenvalue weighted by molar-refractivity contribution is -0.255. The highest BCUT2D eigenvalue weighted by molar-refractivity contribution is 4.56. The van der Waals surface area contributed by atoms with Crippen LogP contribution in [0.5, 0.6) is 0 Å². The van der Waals surface area contributed by atoms with Crippen LogP contribution in [0.1, 0.15) is 13.3 Å². The van der Waals surface area contributed by atoms with Crippen molar-refractivity contribution in [1.82, 2.24) is 0 Å². The summed E-state index contributed by atoms with van der Waals surface area (Å²) in [6.45, 7) is 2.32. The fourth-order valence-corrected chi connectivity index (χ4v) is 0.258. The van der Waals surface area contributed by atoms with E-state index in [-0.39, 0.29) is 6.42 Å². The molecule has 0 spiro atoms. The Bertz CT molecular complexity index is 90.1. The van der Waals surface area contributed by atoms with E-state index in [0.29, 0.717) is 0 Å². The van der Waals surface area contributed by atoms with Crippen molar-refractivity contribution in [2.24, 2.45) is 0 Å². The Labute approximate surface area is 56.0 Å². The second kappa shape index (κ2) is 3.75. The largest absolute Gasteiger partial charge is 0.445 e. The average Bonchev–Trinajstić information content (AvgIpc) is 1.80. The van der Waals surface area contributed by atoms with Crippen LogP contribution in [0.4, 0.5) is 17.6 Å². The smallest absolute Gasteiger partial charge is 0.335 e. The molecule has 1 unspecified atom stereocenters. The number of ether oxygens (including phenoxy) is 1. The monoisotopic (exact) mass is 159 g/mol. The Balaban J connectivity index is 3.52. The Morgan fingerprint density at radius 3 is 2.30 bits per heavy atom. The summed E-state index contributed by atoms with van der Waals surface area (Å²) in [6.07, 6.45) is -7.85. The fraction of sp³-hybridized carbons (Fsp3) is 0.800. The molecule has 0 aromatic rings. The lowest BCUT2D eigenvalue weighted by atomic mass is 10.5. The first-order valence-electron chi connectivity index (χ1n) is 2.66. The molecular weight excluding hydrogens is 152 g/mol. The summed E-state index contributed by atoms with van der Waals surface area (Å²) in [6, 6.07) is 0. The number of alkyl halides is 4. The summed E-state index contributed by atoms with van der Waals surface area (Å²) in [7, 11) is 0. The van der Waals surface area contributed by atoms with Crippen molar-refractivity contribution < 1.29 is 22.3 Å². The molecule has 0 aromatic heterocycles. The van der Waals surface area contributed by atoms with E-state index in [4.69, 9.17) is 0 Å². The normalized spacial score (nSPS) is 15.3. The molecule has 0 bridgehead atoms. The topological polar surface area (TPSA) is 9.23 Å². The zero-order valence-electron chi connectivity index (χ0n) is 5.28. The summed E-state index contributed by atoms with van der Waals surface area (Å²) >= 11 is 0. The van der Waals surface area contributed by atoms with E-state index >= 15 is 0 Å². The molecule has 0 N–H and O–H groups in total. The molecule has 0 rings (SSSR count). The van der Waals surface area contributed by atoms with E-state index in [2.05, 4.69) is 4.74 Å². The minimum Gasteiger partial charge on any atom is -0.335 e. The van der Waals surface area contributed by atoms with E-state index in [0.717, 1.165) is 6.61 Å². The number of halogens is 4. The highest BCUT2D eigenvalue weighted by atomic mass is 19.4. The zero-order valence-corrected chi connectivity index (χ0v) is 5.28. The van der Waals surface area contributed by atoms with Crippen molar-refractivity contribution in [3.8, 4) is 0 Å². The van der Waals surface area contributed by atoms with Gasteiger partial charge >= 0.3 is 6.18 Å². The molecule has 0 aliphatic carbocycles. The predicted molar refractivity (Wildman–Crippen MR) is 26.6 cm³/mol. The molecule has 0 heterocycles. The van der Waals surface area contributed by atoms with Crippen LogP contribution >= 0.6 is 0 Å². The van der Waals surface area contributed by atoms with Gasteiger partial charge in [0.1, 0.15) is 0 Å². The lowest BCUT2D eigenvalue weighted by Crippen LogP contribution is -2.26. The first-order valence-corrected chi connectivity index (χ1v) is 2.66. The van der Waals surface area contributed by atoms with E-state index < -0.39 is 12.5 Å². The maximum absolute atomic E-state index is 11.7. The summed E-state index contributed by atoms with van der Waals surface area (Å²) in [4.78, 5) is 0. The van der Waals surface area contributed by atoms with Gasteiger partial charge in [-0.2, -0.15) is 13.2 Å². The van der Waals surface area contributed by atoms with Crippen molar-refractivity contribution >= 4 is 0 Å². The van der Waals surface area contributed by atoms with Crippen molar-refractivity contribution in [2.75, 3.05) is 0 Å². The zero-order chi connectivity index (χ0) is 8.20. The Morgan fingerprint density at radius 2 is 2.00 bits per heavy atom. The maximum Gasteiger partial charge on any atom is 0.445 e. The van der Waals surface area contributed by atoms with Gasteiger partial charge in [-0.05, 0) is 6.42 Å². The highest BCUT2D eigenvalue weighted by Gasteiger charge is 2.41. The van der Waals surface area contributed by atoms with Crippen LogP contribution in [0.25, 0.3) is 0 Å². The SMILES string of the molecule is CC[CH]OC(F)C(F)(F)F. The van der Waals surface area contributed by atoms with Gasteiger partial charge in [0.2, 0.25) is 0 Å². The quantitative estimate of drug-likeness (QED) is 0.574. The molecule has 0 aliphatic heterocycles. The molecule has 61 valence electrons. The molecular formula is C5H7F4O. The molecule has 0 saturated heterocycles. The number of rotatable bonds is 3. The lowest BCUT2D eigenvalue weighted by Gasteiger charge is -2.11. The van der Waals surface area contributed by atoms with Gasteiger partial charge in [0.05, 0.1) is 6.61 Å². The van der Waals surface area contributed by atoms with E-state index in [1.54, 1.807) is 6.92 Å². The van der Waals surface area contributed by atoms with Gasteiger partial charge in [0, 0.05) is 0 Å².